The molecule has 0 fully saturated rings. The number of carbonyl (C=O) groups excluding carboxylic acids is 3. The lowest BCUT2D eigenvalue weighted by Gasteiger charge is -2.18. The molecule has 1 atom stereocenters. The van der Waals surface area contributed by atoms with Gasteiger partial charge in [0.25, 0.3) is 11.8 Å². The van der Waals surface area contributed by atoms with Gasteiger partial charge < -0.3 is 24.8 Å². The molecule has 3 N–H and O–H groups in total. The van der Waals surface area contributed by atoms with Crippen molar-refractivity contribution in [3.63, 3.8) is 0 Å². The quantitative estimate of drug-likeness (QED) is 0.215. The van der Waals surface area contributed by atoms with Crippen molar-refractivity contribution < 1.29 is 33.8 Å². The van der Waals surface area contributed by atoms with Crippen LogP contribution in [0.2, 0.25) is 0 Å². The zero-order chi connectivity index (χ0) is 29.8. The Balaban J connectivity index is 1.18. The number of nitrogens with zero attached hydrogens (tertiary/aromatic N) is 2. The Morgan fingerprint density at radius 3 is 2.57 bits per heavy atom. The van der Waals surface area contributed by atoms with Crippen molar-refractivity contribution in [2.75, 3.05) is 23.6 Å². The summed E-state index contributed by atoms with van der Waals surface area (Å²) in [4.78, 5) is 51.2. The van der Waals surface area contributed by atoms with Crippen molar-refractivity contribution in [3.8, 4) is 11.5 Å². The van der Waals surface area contributed by atoms with E-state index >= 15 is 0 Å². The molecule has 0 saturated heterocycles. The van der Waals surface area contributed by atoms with Gasteiger partial charge >= 0.3 is 5.97 Å². The number of rotatable bonds is 10. The first-order valence-corrected chi connectivity index (χ1v) is 14.3. The molecule has 0 radical (unpaired) electrons. The third kappa shape index (κ3) is 6.54. The average Bonchev–Trinajstić information content (AvgIpc) is 3.55. The lowest BCUT2D eigenvalue weighted by atomic mass is 10.1. The van der Waals surface area contributed by atoms with E-state index in [1.807, 2.05) is 24.3 Å². The maximum atomic E-state index is 13.2. The molecule has 3 amide bonds. The van der Waals surface area contributed by atoms with E-state index in [0.29, 0.717) is 34.9 Å². The van der Waals surface area contributed by atoms with Crippen molar-refractivity contribution in [2.24, 2.45) is 11.0 Å². The van der Waals surface area contributed by atoms with Gasteiger partial charge in [0.2, 0.25) is 12.7 Å². The van der Waals surface area contributed by atoms with Crippen molar-refractivity contribution in [1.82, 2.24) is 5.43 Å². The topological polar surface area (TPSA) is 147 Å². The molecular weight excluding hydrogens is 655 g/mol. The van der Waals surface area contributed by atoms with Crippen molar-refractivity contribution >= 4 is 63.4 Å². The van der Waals surface area contributed by atoms with E-state index in [4.69, 9.17) is 9.47 Å². The second-order valence-electron chi connectivity index (χ2n) is 9.86. The molecule has 1 unspecified atom stereocenters. The van der Waals surface area contributed by atoms with Crippen molar-refractivity contribution in [2.45, 2.75) is 26.2 Å². The second-order valence-corrected chi connectivity index (χ2v) is 11.1. The van der Waals surface area contributed by atoms with E-state index in [9.17, 15) is 24.3 Å². The Hall–Kier alpha value is -4.46. The monoisotopic (exact) mass is 682 g/mol. The van der Waals surface area contributed by atoms with E-state index in [-0.39, 0.29) is 43.4 Å². The van der Waals surface area contributed by atoms with Crippen LogP contribution in [-0.4, -0.2) is 47.8 Å². The highest BCUT2D eigenvalue weighted by atomic mass is 127. The van der Waals surface area contributed by atoms with Crippen LogP contribution in [0.25, 0.3) is 0 Å². The van der Waals surface area contributed by atoms with Crippen LogP contribution < -0.4 is 25.1 Å². The third-order valence-corrected chi connectivity index (χ3v) is 7.61. The van der Waals surface area contributed by atoms with Gasteiger partial charge in [0.05, 0.1) is 11.6 Å². The van der Waals surface area contributed by atoms with E-state index in [0.717, 1.165) is 9.13 Å². The van der Waals surface area contributed by atoms with Gasteiger partial charge in [-0.05, 0) is 95.6 Å². The molecule has 42 heavy (non-hydrogen) atoms. The Labute approximate surface area is 255 Å². The van der Waals surface area contributed by atoms with Crippen LogP contribution in [0.3, 0.4) is 0 Å². The minimum atomic E-state index is -0.933. The zero-order valence-electron chi connectivity index (χ0n) is 22.6. The number of aryl methyl sites for hydroxylation is 1. The molecule has 216 valence electrons. The number of aliphatic carboxylic acids is 1. The van der Waals surface area contributed by atoms with Crippen LogP contribution in [0, 0.1) is 9.49 Å². The van der Waals surface area contributed by atoms with E-state index in [1.165, 1.54) is 4.90 Å². The summed E-state index contributed by atoms with van der Waals surface area (Å²) in [6, 6.07) is 17.3. The summed E-state index contributed by atoms with van der Waals surface area (Å²) in [5.74, 6) is -1.30. The van der Waals surface area contributed by atoms with E-state index in [1.54, 1.807) is 43.3 Å². The van der Waals surface area contributed by atoms with Gasteiger partial charge in [0.1, 0.15) is 0 Å². The molecular formula is C30H27IN4O7. The molecule has 0 aliphatic carbocycles. The highest BCUT2D eigenvalue weighted by Gasteiger charge is 2.35. The van der Waals surface area contributed by atoms with Crippen LogP contribution in [0.5, 0.6) is 11.5 Å². The normalized spacial score (nSPS) is 15.0. The van der Waals surface area contributed by atoms with Gasteiger partial charge in [0, 0.05) is 33.4 Å². The molecule has 11 nitrogen and oxygen atoms in total. The number of benzene rings is 3. The number of carboxylic acid groups (broad SMARTS) is 1. The molecule has 2 aliphatic rings. The molecule has 3 aromatic carbocycles. The predicted octanol–water partition coefficient (Wildman–Crippen LogP) is 4.18. The number of hydrogen-bond donors (Lipinski definition) is 3. The van der Waals surface area contributed by atoms with Crippen LogP contribution in [0.15, 0.2) is 65.8 Å². The Bertz CT molecular complexity index is 1590. The second kappa shape index (κ2) is 12.6. The number of fused-ring (bicyclic) bond motifs is 2. The van der Waals surface area contributed by atoms with Crippen molar-refractivity contribution in [3.05, 3.63) is 80.9 Å². The SMILES string of the molecule is CC(CCN1C(=O)/C(=N\NC(=O)c2ccc(NC(=O)CCc3ccc4c(c3)OCO4)cc2)c2cc(I)ccc21)C(=O)O. The minimum absolute atomic E-state index is 0.0752. The number of halogens is 1. The number of ether oxygens (including phenoxy) is 2. The first kappa shape index (κ1) is 29.0. The zero-order valence-corrected chi connectivity index (χ0v) is 24.7. The summed E-state index contributed by atoms with van der Waals surface area (Å²) in [5.41, 5.74) is 5.49. The summed E-state index contributed by atoms with van der Waals surface area (Å²) < 4.78 is 11.6. The van der Waals surface area contributed by atoms with Gasteiger partial charge in [0.15, 0.2) is 17.2 Å². The van der Waals surface area contributed by atoms with E-state index < -0.39 is 23.7 Å². The van der Waals surface area contributed by atoms with Gasteiger partial charge in [-0.2, -0.15) is 5.10 Å². The summed E-state index contributed by atoms with van der Waals surface area (Å²) >= 11 is 2.12. The molecule has 0 aromatic heterocycles. The third-order valence-electron chi connectivity index (χ3n) is 6.94. The fourth-order valence-electron chi connectivity index (χ4n) is 4.52. The maximum Gasteiger partial charge on any atom is 0.306 e. The summed E-state index contributed by atoms with van der Waals surface area (Å²) in [6.07, 6.45) is 1.06. The molecule has 2 heterocycles. The van der Waals surface area contributed by atoms with Gasteiger partial charge in [-0.15, -0.1) is 0 Å². The van der Waals surface area contributed by atoms with Crippen molar-refractivity contribution in [1.29, 1.82) is 0 Å². The molecule has 0 spiro atoms. The molecule has 12 heteroatoms. The number of nitrogens with one attached hydrogen (secondary N) is 2. The number of hydrazone groups is 1. The largest absolute Gasteiger partial charge is 0.481 e. The first-order chi connectivity index (χ1) is 20.2. The predicted molar refractivity (Wildman–Crippen MR) is 163 cm³/mol. The Morgan fingerprint density at radius 2 is 1.81 bits per heavy atom. The molecule has 5 rings (SSSR count). The number of carbonyl (C=O) groups is 4. The number of carboxylic acids is 1. The fourth-order valence-corrected chi connectivity index (χ4v) is 5.01. The molecule has 0 bridgehead atoms. The summed E-state index contributed by atoms with van der Waals surface area (Å²) in [7, 11) is 0. The van der Waals surface area contributed by atoms with E-state index in [2.05, 4.69) is 38.4 Å². The standard InChI is InChI=1S/C30H27IN4O7/c1-17(30(39)40)12-13-35-23-9-6-20(31)15-22(23)27(29(35)38)33-34-28(37)19-4-7-21(8-5-19)32-26(36)11-3-18-2-10-24-25(14-18)42-16-41-24/h2,4-10,14-15,17H,3,11-13,16H2,1H3,(H,32,36)(H,34,37)(H,39,40)/b33-27-. The lowest BCUT2D eigenvalue weighted by Crippen LogP contribution is -2.33. The van der Waals surface area contributed by atoms with Gasteiger partial charge in [-0.1, -0.05) is 13.0 Å². The summed E-state index contributed by atoms with van der Waals surface area (Å²) in [6.45, 7) is 1.99. The number of anilines is 2. The number of hydrogen-bond acceptors (Lipinski definition) is 7. The van der Waals surface area contributed by atoms with Crippen LogP contribution in [0.4, 0.5) is 11.4 Å². The van der Waals surface area contributed by atoms with Gasteiger partial charge in [-0.25, -0.2) is 5.43 Å². The smallest absolute Gasteiger partial charge is 0.306 e. The highest BCUT2D eigenvalue weighted by Crippen LogP contribution is 2.33. The van der Waals surface area contributed by atoms with Crippen LogP contribution in [-0.2, 0) is 20.8 Å². The Morgan fingerprint density at radius 1 is 1.05 bits per heavy atom. The minimum Gasteiger partial charge on any atom is -0.481 e. The Kier molecular flexibility index (Phi) is 8.71. The lowest BCUT2D eigenvalue weighted by molar-refractivity contribution is -0.141. The first-order valence-electron chi connectivity index (χ1n) is 13.2. The van der Waals surface area contributed by atoms with Gasteiger partial charge in [-0.3, -0.25) is 19.2 Å². The molecule has 0 saturated carbocycles. The van der Waals surface area contributed by atoms with Crippen LogP contribution >= 0.6 is 22.6 Å². The average molecular weight is 682 g/mol. The fraction of sp³-hybridized carbons (Fsp3) is 0.233. The maximum absolute atomic E-state index is 13.2. The van der Waals surface area contributed by atoms with Crippen LogP contribution in [0.1, 0.15) is 41.3 Å². The molecule has 2 aliphatic heterocycles. The molecule has 3 aromatic rings. The number of amides is 3. The summed E-state index contributed by atoms with van der Waals surface area (Å²) in [5, 5.41) is 16.2. The highest BCUT2D eigenvalue weighted by molar-refractivity contribution is 14.1.